The van der Waals surface area contributed by atoms with Gasteiger partial charge < -0.3 is 19.1 Å². The van der Waals surface area contributed by atoms with Crippen molar-refractivity contribution in [3.8, 4) is 11.5 Å². The molecule has 1 amide bonds. The molecule has 1 atom stereocenters. The summed E-state index contributed by atoms with van der Waals surface area (Å²) in [6.45, 7) is 12.1. The number of hydrogen-bond acceptors (Lipinski definition) is 5. The lowest BCUT2D eigenvalue weighted by atomic mass is 9.76. The van der Waals surface area contributed by atoms with Crippen LogP contribution in [0.5, 0.6) is 11.5 Å². The number of carbonyl (C=O) groups is 1. The zero-order chi connectivity index (χ0) is 19.8. The lowest BCUT2D eigenvalue weighted by Crippen LogP contribution is -2.58. The van der Waals surface area contributed by atoms with E-state index < -0.39 is 0 Å². The maximum Gasteiger partial charge on any atom is 0.231 e. The molecule has 4 rings (SSSR count). The van der Waals surface area contributed by atoms with Gasteiger partial charge in [0.05, 0.1) is 13.2 Å². The standard InChI is InChI=1S/C22H32N2O4/c1-21(2,24-8-10-26-11-9-24)14-23-15-22(3,7-6-20(23)25)13-17-4-5-18-19(12-17)28-16-27-18/h4-5,12H,6-11,13-16H2,1-3H3/t22-/m0/s1. The summed E-state index contributed by atoms with van der Waals surface area (Å²) in [6, 6.07) is 6.21. The lowest BCUT2D eigenvalue weighted by molar-refractivity contribution is -0.140. The van der Waals surface area contributed by atoms with Crippen molar-refractivity contribution in [2.45, 2.75) is 45.6 Å². The second-order valence-electron chi connectivity index (χ2n) is 9.34. The Bertz CT molecular complexity index is 729. The normalized spacial score (nSPS) is 26.0. The van der Waals surface area contributed by atoms with Crippen LogP contribution in [-0.4, -0.2) is 67.4 Å². The molecule has 2 fully saturated rings. The first-order valence-corrected chi connectivity index (χ1v) is 10.3. The maximum atomic E-state index is 12.7. The van der Waals surface area contributed by atoms with E-state index in [2.05, 4.69) is 42.7 Å². The predicted octanol–water partition coefficient (Wildman–Crippen LogP) is 2.70. The molecule has 0 aromatic heterocycles. The largest absolute Gasteiger partial charge is 0.454 e. The van der Waals surface area contributed by atoms with Crippen molar-refractivity contribution >= 4 is 5.91 Å². The van der Waals surface area contributed by atoms with Gasteiger partial charge in [-0.1, -0.05) is 13.0 Å². The van der Waals surface area contributed by atoms with Gasteiger partial charge in [0.25, 0.3) is 0 Å². The third kappa shape index (κ3) is 4.13. The third-order valence-corrected chi connectivity index (χ3v) is 6.38. The maximum absolute atomic E-state index is 12.7. The Balaban J connectivity index is 1.43. The molecule has 6 nitrogen and oxygen atoms in total. The van der Waals surface area contributed by atoms with Gasteiger partial charge in [0, 0.05) is 38.1 Å². The Labute approximate surface area is 167 Å². The first-order chi connectivity index (χ1) is 13.3. The minimum atomic E-state index is -0.0452. The predicted molar refractivity (Wildman–Crippen MR) is 107 cm³/mol. The molecule has 0 spiro atoms. The molecule has 0 N–H and O–H groups in total. The van der Waals surface area contributed by atoms with E-state index in [1.807, 2.05) is 6.07 Å². The van der Waals surface area contributed by atoms with Crippen LogP contribution in [0.4, 0.5) is 0 Å². The van der Waals surface area contributed by atoms with Crippen LogP contribution in [0.25, 0.3) is 0 Å². The van der Waals surface area contributed by atoms with E-state index in [1.54, 1.807) is 0 Å². The summed E-state index contributed by atoms with van der Waals surface area (Å²) in [5.41, 5.74) is 1.27. The quantitative estimate of drug-likeness (QED) is 0.776. The molecule has 6 heteroatoms. The zero-order valence-corrected chi connectivity index (χ0v) is 17.3. The first-order valence-electron chi connectivity index (χ1n) is 10.3. The molecule has 3 aliphatic rings. The van der Waals surface area contributed by atoms with E-state index in [0.29, 0.717) is 13.2 Å². The zero-order valence-electron chi connectivity index (χ0n) is 17.3. The number of nitrogens with zero attached hydrogens (tertiary/aromatic N) is 2. The van der Waals surface area contributed by atoms with E-state index in [0.717, 1.165) is 63.7 Å². The Morgan fingerprint density at radius 3 is 2.68 bits per heavy atom. The third-order valence-electron chi connectivity index (χ3n) is 6.38. The van der Waals surface area contributed by atoms with Crippen molar-refractivity contribution in [3.63, 3.8) is 0 Å². The molecule has 0 saturated carbocycles. The van der Waals surface area contributed by atoms with E-state index in [4.69, 9.17) is 14.2 Å². The molecule has 3 aliphatic heterocycles. The molecule has 1 aromatic carbocycles. The number of likely N-dealkylation sites (tertiary alicyclic amines) is 1. The SMILES string of the molecule is CC(C)(CN1C[C@](C)(Cc2ccc3c(c2)OCO3)CCC1=O)N1CCOCC1. The van der Waals surface area contributed by atoms with Crippen LogP contribution in [0, 0.1) is 5.41 Å². The van der Waals surface area contributed by atoms with Gasteiger partial charge in [0.15, 0.2) is 11.5 Å². The van der Waals surface area contributed by atoms with E-state index in [9.17, 15) is 4.79 Å². The molecule has 1 aromatic rings. The fourth-order valence-electron chi connectivity index (χ4n) is 4.76. The number of fused-ring (bicyclic) bond motifs is 1. The van der Waals surface area contributed by atoms with E-state index in [1.165, 1.54) is 5.56 Å². The van der Waals surface area contributed by atoms with Crippen LogP contribution in [0.2, 0.25) is 0 Å². The van der Waals surface area contributed by atoms with E-state index >= 15 is 0 Å². The highest BCUT2D eigenvalue weighted by atomic mass is 16.7. The molecule has 0 aliphatic carbocycles. The topological polar surface area (TPSA) is 51.2 Å². The average Bonchev–Trinajstić information content (AvgIpc) is 3.13. The van der Waals surface area contributed by atoms with Gasteiger partial charge >= 0.3 is 0 Å². The van der Waals surface area contributed by atoms with Crippen molar-refractivity contribution in [1.29, 1.82) is 0 Å². The average molecular weight is 389 g/mol. The van der Waals surface area contributed by atoms with Gasteiger partial charge in [-0.2, -0.15) is 0 Å². The first kappa shape index (κ1) is 19.5. The van der Waals surface area contributed by atoms with Gasteiger partial charge in [-0.3, -0.25) is 9.69 Å². The van der Waals surface area contributed by atoms with Crippen molar-refractivity contribution in [1.82, 2.24) is 9.80 Å². The highest BCUT2D eigenvalue weighted by Gasteiger charge is 2.39. The minimum Gasteiger partial charge on any atom is -0.454 e. The van der Waals surface area contributed by atoms with Gasteiger partial charge in [0.1, 0.15) is 0 Å². The fourth-order valence-corrected chi connectivity index (χ4v) is 4.76. The minimum absolute atomic E-state index is 0.0452. The fraction of sp³-hybridized carbons (Fsp3) is 0.682. The Morgan fingerprint density at radius 2 is 1.89 bits per heavy atom. The molecule has 3 heterocycles. The highest BCUT2D eigenvalue weighted by Crippen LogP contribution is 2.38. The molecule has 2 saturated heterocycles. The molecule has 0 radical (unpaired) electrons. The summed E-state index contributed by atoms with van der Waals surface area (Å²) < 4.78 is 16.4. The van der Waals surface area contributed by atoms with Crippen LogP contribution in [0.15, 0.2) is 18.2 Å². The van der Waals surface area contributed by atoms with Crippen LogP contribution >= 0.6 is 0 Å². The summed E-state index contributed by atoms with van der Waals surface area (Å²) in [7, 11) is 0. The molecule has 0 unspecified atom stereocenters. The monoisotopic (exact) mass is 388 g/mol. The van der Waals surface area contributed by atoms with Gasteiger partial charge in [-0.05, 0) is 49.8 Å². The molecule has 0 bridgehead atoms. The highest BCUT2D eigenvalue weighted by molar-refractivity contribution is 5.77. The van der Waals surface area contributed by atoms with Crippen molar-refractivity contribution in [2.24, 2.45) is 5.41 Å². The van der Waals surface area contributed by atoms with E-state index in [-0.39, 0.29) is 16.9 Å². The second kappa shape index (κ2) is 7.56. The van der Waals surface area contributed by atoms with Crippen LogP contribution in [0.3, 0.4) is 0 Å². The number of hydrogen-bond donors (Lipinski definition) is 0. The summed E-state index contributed by atoms with van der Waals surface area (Å²) in [4.78, 5) is 17.2. The number of amides is 1. The molecule has 154 valence electrons. The number of morpholine rings is 1. The number of carbonyl (C=O) groups excluding carboxylic acids is 1. The van der Waals surface area contributed by atoms with Gasteiger partial charge in [-0.25, -0.2) is 0 Å². The number of benzene rings is 1. The van der Waals surface area contributed by atoms with Crippen molar-refractivity contribution < 1.29 is 19.0 Å². The van der Waals surface area contributed by atoms with Crippen molar-refractivity contribution in [3.05, 3.63) is 23.8 Å². The smallest absolute Gasteiger partial charge is 0.231 e. The van der Waals surface area contributed by atoms with Crippen LogP contribution in [0.1, 0.15) is 39.2 Å². The Morgan fingerprint density at radius 1 is 1.14 bits per heavy atom. The number of piperidine rings is 1. The number of ether oxygens (including phenoxy) is 3. The Kier molecular flexibility index (Phi) is 5.27. The summed E-state index contributed by atoms with van der Waals surface area (Å²) in [5, 5.41) is 0. The molecular formula is C22H32N2O4. The summed E-state index contributed by atoms with van der Waals surface area (Å²) in [6.07, 6.45) is 2.49. The van der Waals surface area contributed by atoms with Crippen LogP contribution in [-0.2, 0) is 16.0 Å². The number of rotatable bonds is 5. The second-order valence-corrected chi connectivity index (χ2v) is 9.34. The lowest BCUT2D eigenvalue weighted by Gasteiger charge is -2.47. The van der Waals surface area contributed by atoms with Gasteiger partial charge in [-0.15, -0.1) is 0 Å². The molecular weight excluding hydrogens is 356 g/mol. The molecule has 28 heavy (non-hydrogen) atoms. The summed E-state index contributed by atoms with van der Waals surface area (Å²) >= 11 is 0. The van der Waals surface area contributed by atoms with Gasteiger partial charge in [0.2, 0.25) is 12.7 Å². The summed E-state index contributed by atoms with van der Waals surface area (Å²) in [5.74, 6) is 1.93. The Hall–Kier alpha value is -1.79. The van der Waals surface area contributed by atoms with Crippen LogP contribution < -0.4 is 9.47 Å². The van der Waals surface area contributed by atoms with Crippen molar-refractivity contribution in [2.75, 3.05) is 46.2 Å².